The summed E-state index contributed by atoms with van der Waals surface area (Å²) in [7, 11) is 0. The predicted octanol–water partition coefficient (Wildman–Crippen LogP) is 4.92. The molecule has 5 nitrogen and oxygen atoms in total. The normalized spacial score (nSPS) is 11.0. The zero-order valence-corrected chi connectivity index (χ0v) is 14.4. The largest absolute Gasteiger partial charge is 0.494 e. The van der Waals surface area contributed by atoms with Crippen LogP contribution in [0, 0.1) is 0 Å². The molecule has 140 valence electrons. The van der Waals surface area contributed by atoms with E-state index in [1.807, 2.05) is 6.92 Å². The van der Waals surface area contributed by atoms with E-state index < -0.39 is 23.5 Å². The van der Waals surface area contributed by atoms with Crippen molar-refractivity contribution in [2.24, 2.45) is 0 Å². The molecule has 0 aliphatic heterocycles. The Kier molecular flexibility index (Phi) is 6.57. The van der Waals surface area contributed by atoms with Crippen molar-refractivity contribution in [3.05, 3.63) is 53.1 Å². The molecule has 0 saturated heterocycles. The summed E-state index contributed by atoms with van der Waals surface area (Å²) in [5.74, 6) is 1.14. The highest BCUT2D eigenvalue weighted by atomic mass is 35.5. The highest BCUT2D eigenvalue weighted by Gasteiger charge is 2.34. The van der Waals surface area contributed by atoms with Crippen molar-refractivity contribution in [3.8, 4) is 11.5 Å². The molecular weight excluding hydrogens is 373 g/mol. The lowest BCUT2D eigenvalue weighted by molar-refractivity contribution is -0.136. The Morgan fingerprint density at radius 3 is 2.27 bits per heavy atom. The molecule has 0 radical (unpaired) electrons. The molecule has 2 N–H and O–H groups in total. The van der Waals surface area contributed by atoms with Gasteiger partial charge in [0.2, 0.25) is 0 Å². The van der Waals surface area contributed by atoms with Crippen molar-refractivity contribution in [1.29, 1.82) is 0 Å². The zero-order chi connectivity index (χ0) is 19.2. The number of hydrogen-bond donors (Lipinski definition) is 2. The van der Waals surface area contributed by atoms with E-state index >= 15 is 0 Å². The lowest BCUT2D eigenvalue weighted by Gasteiger charge is -2.15. The number of carbonyl (C=O) groups is 1. The lowest BCUT2D eigenvalue weighted by atomic mass is 10.1. The minimum atomic E-state index is -4.65. The fourth-order valence-electron chi connectivity index (χ4n) is 2.01. The number of anilines is 1. The van der Waals surface area contributed by atoms with Gasteiger partial charge in [0, 0.05) is 5.02 Å². The molecule has 2 aromatic carbocycles. The Morgan fingerprint density at radius 2 is 1.69 bits per heavy atom. The van der Waals surface area contributed by atoms with Gasteiger partial charge in [-0.05, 0) is 49.4 Å². The molecule has 0 aromatic heterocycles. The molecule has 2 amide bonds. The third-order valence-electron chi connectivity index (χ3n) is 3.14. The molecule has 0 bridgehead atoms. The Bertz CT molecular complexity index is 752. The van der Waals surface area contributed by atoms with Gasteiger partial charge in [-0.15, -0.1) is 0 Å². The summed E-state index contributed by atoms with van der Waals surface area (Å²) in [6, 6.07) is 8.92. The number of carbonyl (C=O) groups excluding carboxylic acids is 1. The number of rotatable bonds is 6. The SMILES string of the molecule is CCOc1ccc(OCNC(=O)Nc2ccc(Cl)cc2C(F)(F)F)cc1. The molecule has 0 unspecified atom stereocenters. The maximum absolute atomic E-state index is 13.0. The van der Waals surface area contributed by atoms with Gasteiger partial charge in [-0.2, -0.15) is 13.2 Å². The Morgan fingerprint density at radius 1 is 1.08 bits per heavy atom. The minimum absolute atomic E-state index is 0.0814. The Hall–Kier alpha value is -2.61. The van der Waals surface area contributed by atoms with Crippen LogP contribution in [0.25, 0.3) is 0 Å². The van der Waals surface area contributed by atoms with Gasteiger partial charge in [0.15, 0.2) is 6.73 Å². The summed E-state index contributed by atoms with van der Waals surface area (Å²) in [6.07, 6.45) is -4.65. The second-order valence-corrected chi connectivity index (χ2v) is 5.45. The van der Waals surface area contributed by atoms with Gasteiger partial charge in [0.05, 0.1) is 17.9 Å². The Balaban J connectivity index is 1.89. The maximum atomic E-state index is 13.0. The van der Waals surface area contributed by atoms with Crippen LogP contribution in [0.2, 0.25) is 5.02 Å². The number of ether oxygens (including phenoxy) is 2. The smallest absolute Gasteiger partial charge is 0.418 e. The molecule has 0 aliphatic rings. The number of nitrogens with one attached hydrogen (secondary N) is 2. The monoisotopic (exact) mass is 388 g/mol. The van der Waals surface area contributed by atoms with Crippen molar-refractivity contribution in [2.45, 2.75) is 13.1 Å². The van der Waals surface area contributed by atoms with Gasteiger partial charge in [-0.3, -0.25) is 0 Å². The molecule has 0 fully saturated rings. The fourth-order valence-corrected chi connectivity index (χ4v) is 2.18. The van der Waals surface area contributed by atoms with Crippen LogP contribution in [0.15, 0.2) is 42.5 Å². The summed E-state index contributed by atoms with van der Waals surface area (Å²) >= 11 is 5.58. The van der Waals surface area contributed by atoms with Crippen LogP contribution in [0.1, 0.15) is 12.5 Å². The lowest BCUT2D eigenvalue weighted by Crippen LogP contribution is -2.32. The molecule has 0 spiro atoms. The second-order valence-electron chi connectivity index (χ2n) is 5.01. The number of amides is 2. The van der Waals surface area contributed by atoms with E-state index in [-0.39, 0.29) is 11.8 Å². The fraction of sp³-hybridized carbons (Fsp3) is 0.235. The van der Waals surface area contributed by atoms with Gasteiger partial charge in [0.1, 0.15) is 11.5 Å². The first-order valence-electron chi connectivity index (χ1n) is 7.57. The highest BCUT2D eigenvalue weighted by Crippen LogP contribution is 2.36. The van der Waals surface area contributed by atoms with Gasteiger partial charge in [-0.1, -0.05) is 11.6 Å². The zero-order valence-electron chi connectivity index (χ0n) is 13.7. The van der Waals surface area contributed by atoms with Crippen LogP contribution in [0.3, 0.4) is 0 Å². The van der Waals surface area contributed by atoms with E-state index in [1.54, 1.807) is 24.3 Å². The maximum Gasteiger partial charge on any atom is 0.418 e. The van der Waals surface area contributed by atoms with E-state index in [0.29, 0.717) is 18.1 Å². The summed E-state index contributed by atoms with van der Waals surface area (Å²) in [5.41, 5.74) is -1.44. The summed E-state index contributed by atoms with van der Waals surface area (Å²) in [5, 5.41) is 4.36. The molecule has 26 heavy (non-hydrogen) atoms. The first-order valence-corrected chi connectivity index (χ1v) is 7.94. The number of halogens is 4. The number of benzene rings is 2. The number of urea groups is 1. The molecule has 0 saturated carbocycles. The van der Waals surface area contributed by atoms with E-state index in [9.17, 15) is 18.0 Å². The summed E-state index contributed by atoms with van der Waals surface area (Å²) in [4.78, 5) is 11.8. The van der Waals surface area contributed by atoms with Crippen LogP contribution in [-0.4, -0.2) is 19.4 Å². The van der Waals surface area contributed by atoms with E-state index in [0.717, 1.165) is 12.1 Å². The average molecular weight is 389 g/mol. The molecule has 2 aromatic rings. The molecule has 9 heteroatoms. The first-order chi connectivity index (χ1) is 12.3. The van der Waals surface area contributed by atoms with Gasteiger partial charge < -0.3 is 20.1 Å². The van der Waals surface area contributed by atoms with E-state index in [4.69, 9.17) is 21.1 Å². The van der Waals surface area contributed by atoms with Gasteiger partial charge in [0.25, 0.3) is 0 Å². The molecule has 2 rings (SSSR count). The van der Waals surface area contributed by atoms with Crippen LogP contribution >= 0.6 is 11.6 Å². The first kappa shape index (κ1) is 19.7. The number of hydrogen-bond acceptors (Lipinski definition) is 3. The second kappa shape index (κ2) is 8.66. The summed E-state index contributed by atoms with van der Waals surface area (Å²) < 4.78 is 49.5. The highest BCUT2D eigenvalue weighted by molar-refractivity contribution is 6.30. The van der Waals surface area contributed by atoms with Crippen LogP contribution < -0.4 is 20.1 Å². The van der Waals surface area contributed by atoms with Gasteiger partial charge in [-0.25, -0.2) is 4.79 Å². The number of alkyl halides is 3. The van der Waals surface area contributed by atoms with Crippen LogP contribution in [0.4, 0.5) is 23.7 Å². The van der Waals surface area contributed by atoms with E-state index in [2.05, 4.69) is 10.6 Å². The predicted molar refractivity (Wildman–Crippen MR) is 91.7 cm³/mol. The van der Waals surface area contributed by atoms with Crippen molar-refractivity contribution in [2.75, 3.05) is 18.7 Å². The van der Waals surface area contributed by atoms with Gasteiger partial charge >= 0.3 is 12.2 Å². The third kappa shape index (κ3) is 5.73. The molecule has 0 aliphatic carbocycles. The average Bonchev–Trinajstić information content (AvgIpc) is 2.57. The van der Waals surface area contributed by atoms with Crippen LogP contribution in [-0.2, 0) is 6.18 Å². The minimum Gasteiger partial charge on any atom is -0.494 e. The topological polar surface area (TPSA) is 59.6 Å². The molecule has 0 atom stereocenters. The molecular formula is C17H16ClF3N2O3. The molecule has 0 heterocycles. The van der Waals surface area contributed by atoms with Crippen molar-refractivity contribution in [3.63, 3.8) is 0 Å². The van der Waals surface area contributed by atoms with Crippen molar-refractivity contribution in [1.82, 2.24) is 5.32 Å². The quantitative estimate of drug-likeness (QED) is 0.691. The van der Waals surface area contributed by atoms with Crippen LogP contribution in [0.5, 0.6) is 11.5 Å². The van der Waals surface area contributed by atoms with Crippen molar-refractivity contribution >= 4 is 23.3 Å². The van der Waals surface area contributed by atoms with Crippen molar-refractivity contribution < 1.29 is 27.4 Å². The Labute approximate surface area is 153 Å². The third-order valence-corrected chi connectivity index (χ3v) is 3.38. The standard InChI is InChI=1S/C17H16ClF3N2O3/c1-2-25-12-4-6-13(7-5-12)26-10-22-16(24)23-15-8-3-11(18)9-14(15)17(19,20)21/h3-9H,2,10H2,1H3,(H2,22,23,24). The summed E-state index contributed by atoms with van der Waals surface area (Å²) in [6.45, 7) is 2.17. The van der Waals surface area contributed by atoms with E-state index in [1.165, 1.54) is 6.07 Å².